The molecule has 12 heteroatoms. The van der Waals surface area contributed by atoms with Gasteiger partial charge in [-0.3, -0.25) is 4.72 Å². The molecule has 1 N–H and O–H groups in total. The fourth-order valence-electron chi connectivity index (χ4n) is 2.14. The van der Waals surface area contributed by atoms with Crippen molar-refractivity contribution in [2.75, 3.05) is 11.8 Å². The maximum absolute atomic E-state index is 13.9. The SMILES string of the molecule is COC(=O)c1c(F)cc(NS(=O)(=O)c2ccc(-n3nccn3)cn2)cc1F. The first kappa shape index (κ1) is 18.4. The molecule has 27 heavy (non-hydrogen) atoms. The number of sulfonamides is 1. The topological polar surface area (TPSA) is 116 Å². The number of methoxy groups -OCH3 is 1. The highest BCUT2D eigenvalue weighted by Gasteiger charge is 2.22. The smallest absolute Gasteiger partial charge is 0.343 e. The largest absolute Gasteiger partial charge is 0.465 e. The highest BCUT2D eigenvalue weighted by Crippen LogP contribution is 2.22. The number of ether oxygens (including phenoxy) is 1. The van der Waals surface area contributed by atoms with Crippen LogP contribution in [0.15, 0.2) is 47.9 Å². The van der Waals surface area contributed by atoms with Gasteiger partial charge in [-0.1, -0.05) is 0 Å². The van der Waals surface area contributed by atoms with Gasteiger partial charge in [-0.2, -0.15) is 23.4 Å². The molecule has 140 valence electrons. The van der Waals surface area contributed by atoms with Crippen LogP contribution in [0.25, 0.3) is 5.69 Å². The van der Waals surface area contributed by atoms with Gasteiger partial charge in [-0.05, 0) is 24.3 Å². The fraction of sp³-hybridized carbons (Fsp3) is 0.0667. The average Bonchev–Trinajstić information content (AvgIpc) is 3.15. The Kier molecular flexibility index (Phi) is 4.81. The molecule has 1 aromatic carbocycles. The molecular formula is C15H11F2N5O4S. The molecule has 0 aliphatic heterocycles. The Bertz CT molecular complexity index is 1060. The standard InChI is InChI=1S/C15H11F2N5O4S/c1-26-15(23)14-11(16)6-9(7-12(14)17)21-27(24,25)13-3-2-10(8-18-13)22-19-4-5-20-22/h2-8,21H,1H3. The van der Waals surface area contributed by atoms with E-state index < -0.39 is 43.9 Å². The van der Waals surface area contributed by atoms with Crippen molar-refractivity contribution < 1.29 is 26.7 Å². The molecular weight excluding hydrogens is 384 g/mol. The Morgan fingerprint density at radius 1 is 1.15 bits per heavy atom. The van der Waals surface area contributed by atoms with Crippen LogP contribution in [0.2, 0.25) is 0 Å². The van der Waals surface area contributed by atoms with E-state index in [2.05, 4.69) is 19.9 Å². The zero-order valence-electron chi connectivity index (χ0n) is 13.6. The number of aromatic nitrogens is 4. The van der Waals surface area contributed by atoms with Crippen molar-refractivity contribution in [2.45, 2.75) is 5.03 Å². The lowest BCUT2D eigenvalue weighted by Crippen LogP contribution is -2.16. The van der Waals surface area contributed by atoms with Gasteiger partial charge in [0.2, 0.25) is 0 Å². The van der Waals surface area contributed by atoms with E-state index >= 15 is 0 Å². The summed E-state index contributed by atoms with van der Waals surface area (Å²) in [6, 6.07) is 3.91. The summed E-state index contributed by atoms with van der Waals surface area (Å²) in [7, 11) is -3.27. The van der Waals surface area contributed by atoms with Gasteiger partial charge in [0, 0.05) is 0 Å². The van der Waals surface area contributed by atoms with Crippen molar-refractivity contribution in [3.8, 4) is 5.69 Å². The molecule has 0 radical (unpaired) electrons. The van der Waals surface area contributed by atoms with Crippen molar-refractivity contribution in [2.24, 2.45) is 0 Å². The van der Waals surface area contributed by atoms with Crippen LogP contribution in [0.3, 0.4) is 0 Å². The van der Waals surface area contributed by atoms with Gasteiger partial charge < -0.3 is 4.74 Å². The van der Waals surface area contributed by atoms with Crippen molar-refractivity contribution in [3.05, 3.63) is 60.1 Å². The molecule has 2 heterocycles. The normalized spacial score (nSPS) is 11.2. The summed E-state index contributed by atoms with van der Waals surface area (Å²) in [5.74, 6) is -3.76. The predicted octanol–water partition coefficient (Wildman–Crippen LogP) is 1.53. The number of hydrogen-bond donors (Lipinski definition) is 1. The fourth-order valence-corrected chi connectivity index (χ4v) is 3.11. The molecule has 0 amide bonds. The Labute approximate surface area is 151 Å². The third-order valence-electron chi connectivity index (χ3n) is 3.33. The number of anilines is 1. The number of carbonyl (C=O) groups is 1. The third kappa shape index (κ3) is 3.74. The van der Waals surface area contributed by atoms with E-state index in [4.69, 9.17) is 0 Å². The maximum Gasteiger partial charge on any atom is 0.343 e. The van der Waals surface area contributed by atoms with Crippen molar-refractivity contribution in [1.82, 2.24) is 20.0 Å². The monoisotopic (exact) mass is 395 g/mol. The minimum absolute atomic E-state index is 0.392. The first-order chi connectivity index (χ1) is 12.8. The quantitative estimate of drug-likeness (QED) is 0.651. The van der Waals surface area contributed by atoms with Crippen LogP contribution in [0.1, 0.15) is 10.4 Å². The van der Waals surface area contributed by atoms with E-state index in [1.54, 1.807) is 0 Å². The number of hydrogen-bond acceptors (Lipinski definition) is 7. The minimum Gasteiger partial charge on any atom is -0.465 e. The number of benzene rings is 1. The van der Waals surface area contributed by atoms with Crippen LogP contribution in [0.5, 0.6) is 0 Å². The van der Waals surface area contributed by atoms with Crippen LogP contribution in [-0.4, -0.2) is 41.5 Å². The van der Waals surface area contributed by atoms with Gasteiger partial charge in [0.05, 0.1) is 31.4 Å². The lowest BCUT2D eigenvalue weighted by atomic mass is 10.2. The van der Waals surface area contributed by atoms with Crippen LogP contribution in [0, 0.1) is 11.6 Å². The van der Waals surface area contributed by atoms with Crippen LogP contribution in [-0.2, 0) is 14.8 Å². The predicted molar refractivity (Wildman–Crippen MR) is 87.7 cm³/mol. The molecule has 0 unspecified atom stereocenters. The van der Waals surface area contributed by atoms with Gasteiger partial charge >= 0.3 is 5.97 Å². The highest BCUT2D eigenvalue weighted by atomic mass is 32.2. The first-order valence-electron chi connectivity index (χ1n) is 7.25. The van der Waals surface area contributed by atoms with Gasteiger partial charge in [0.25, 0.3) is 10.0 Å². The molecule has 3 aromatic rings. The lowest BCUT2D eigenvalue weighted by Gasteiger charge is -2.10. The maximum atomic E-state index is 13.9. The molecule has 9 nitrogen and oxygen atoms in total. The van der Waals surface area contributed by atoms with Crippen LogP contribution >= 0.6 is 0 Å². The summed E-state index contributed by atoms with van der Waals surface area (Å²) in [6.45, 7) is 0. The zero-order valence-corrected chi connectivity index (χ0v) is 14.4. The molecule has 0 aliphatic carbocycles. The van der Waals surface area contributed by atoms with Gasteiger partial charge in [-0.25, -0.2) is 18.6 Å². The summed E-state index contributed by atoms with van der Waals surface area (Å²) >= 11 is 0. The lowest BCUT2D eigenvalue weighted by molar-refractivity contribution is 0.0590. The van der Waals surface area contributed by atoms with Gasteiger partial charge in [-0.15, -0.1) is 0 Å². The summed E-state index contributed by atoms with van der Waals surface area (Å²) in [5, 5.41) is 7.36. The van der Waals surface area contributed by atoms with E-state index in [1.165, 1.54) is 35.5 Å². The van der Waals surface area contributed by atoms with Crippen molar-refractivity contribution in [1.29, 1.82) is 0 Å². The summed E-state index contributed by atoms with van der Waals surface area (Å²) in [5.41, 5.74) is -0.926. The average molecular weight is 395 g/mol. The number of rotatable bonds is 5. The van der Waals surface area contributed by atoms with Gasteiger partial charge in [0.1, 0.15) is 22.9 Å². The molecule has 0 bridgehead atoms. The summed E-state index contributed by atoms with van der Waals surface area (Å²) in [4.78, 5) is 16.4. The second-order valence-corrected chi connectivity index (χ2v) is 6.71. The molecule has 0 spiro atoms. The van der Waals surface area contributed by atoms with E-state index in [0.717, 1.165) is 7.11 Å². The van der Waals surface area contributed by atoms with Crippen LogP contribution in [0.4, 0.5) is 14.5 Å². The molecule has 0 saturated heterocycles. The molecule has 0 fully saturated rings. The molecule has 0 saturated carbocycles. The van der Waals surface area contributed by atoms with E-state index in [9.17, 15) is 22.0 Å². The highest BCUT2D eigenvalue weighted by molar-refractivity contribution is 7.92. The Morgan fingerprint density at radius 2 is 1.78 bits per heavy atom. The second-order valence-electron chi connectivity index (χ2n) is 5.09. The van der Waals surface area contributed by atoms with Crippen molar-refractivity contribution >= 4 is 21.7 Å². The number of carbonyl (C=O) groups excluding carboxylic acids is 1. The van der Waals surface area contributed by atoms with Crippen molar-refractivity contribution in [3.63, 3.8) is 0 Å². The molecule has 0 aliphatic rings. The van der Waals surface area contributed by atoms with Crippen LogP contribution < -0.4 is 4.72 Å². The number of esters is 1. The molecule has 0 atom stereocenters. The number of nitrogens with one attached hydrogen (secondary N) is 1. The Morgan fingerprint density at radius 3 is 2.30 bits per heavy atom. The molecule has 3 rings (SSSR count). The minimum atomic E-state index is -4.23. The second kappa shape index (κ2) is 7.07. The van der Waals surface area contributed by atoms with E-state index in [-0.39, 0.29) is 0 Å². The third-order valence-corrected chi connectivity index (χ3v) is 4.63. The zero-order chi connectivity index (χ0) is 19.6. The molecule has 2 aromatic heterocycles. The van der Waals surface area contributed by atoms with E-state index in [1.807, 2.05) is 4.72 Å². The summed E-state index contributed by atoms with van der Waals surface area (Å²) in [6.07, 6.45) is 4.09. The Balaban J connectivity index is 1.87. The van der Waals surface area contributed by atoms with Gasteiger partial charge in [0.15, 0.2) is 5.03 Å². The van der Waals surface area contributed by atoms with E-state index in [0.29, 0.717) is 17.8 Å². The Hall–Kier alpha value is -3.41. The number of halogens is 2. The number of pyridine rings is 1. The first-order valence-corrected chi connectivity index (χ1v) is 8.73. The summed E-state index contributed by atoms with van der Waals surface area (Å²) < 4.78 is 58.8. The number of nitrogens with zero attached hydrogens (tertiary/aromatic N) is 4.